The minimum Gasteiger partial charge on any atom is -0.330 e. The number of rotatable bonds is 3. The van der Waals surface area contributed by atoms with Crippen molar-refractivity contribution in [3.63, 3.8) is 0 Å². The Morgan fingerprint density at radius 3 is 2.36 bits per heavy atom. The van der Waals surface area contributed by atoms with Crippen molar-refractivity contribution in [2.75, 3.05) is 37.7 Å². The average molecular weight is 216 g/mol. The molecular formula is C10H20N2OS. The Balaban J connectivity index is 1.82. The van der Waals surface area contributed by atoms with Gasteiger partial charge in [0.15, 0.2) is 0 Å². The highest BCUT2D eigenvalue weighted by molar-refractivity contribution is 7.85. The summed E-state index contributed by atoms with van der Waals surface area (Å²) in [5.74, 6) is 1.72. The van der Waals surface area contributed by atoms with Crippen molar-refractivity contribution in [1.82, 2.24) is 4.90 Å². The Bertz CT molecular complexity index is 213. The molecule has 1 saturated heterocycles. The van der Waals surface area contributed by atoms with Crippen LogP contribution in [0.25, 0.3) is 0 Å². The van der Waals surface area contributed by atoms with Crippen LogP contribution in [0.5, 0.6) is 0 Å². The van der Waals surface area contributed by atoms with Crippen LogP contribution in [0.2, 0.25) is 0 Å². The van der Waals surface area contributed by atoms with Gasteiger partial charge in [-0.15, -0.1) is 0 Å². The summed E-state index contributed by atoms with van der Waals surface area (Å²) in [4.78, 5) is 2.45. The van der Waals surface area contributed by atoms with Gasteiger partial charge < -0.3 is 10.6 Å². The fraction of sp³-hybridized carbons (Fsp3) is 1.00. The van der Waals surface area contributed by atoms with Gasteiger partial charge in [-0.3, -0.25) is 4.21 Å². The van der Waals surface area contributed by atoms with Gasteiger partial charge in [0.25, 0.3) is 0 Å². The first-order chi connectivity index (χ1) is 6.74. The summed E-state index contributed by atoms with van der Waals surface area (Å²) in [6, 6.07) is 0. The van der Waals surface area contributed by atoms with Crippen molar-refractivity contribution in [2.45, 2.75) is 19.3 Å². The first-order valence-electron chi connectivity index (χ1n) is 5.52. The van der Waals surface area contributed by atoms with Crippen LogP contribution in [0.4, 0.5) is 0 Å². The molecule has 0 unspecified atom stereocenters. The molecule has 0 radical (unpaired) electrons. The maximum atomic E-state index is 11.2. The van der Waals surface area contributed by atoms with Gasteiger partial charge in [0.1, 0.15) is 0 Å². The molecule has 2 rings (SSSR count). The fourth-order valence-electron chi connectivity index (χ4n) is 2.41. The zero-order valence-corrected chi connectivity index (χ0v) is 9.52. The third kappa shape index (κ3) is 2.18. The molecule has 2 N–H and O–H groups in total. The van der Waals surface area contributed by atoms with Gasteiger partial charge >= 0.3 is 0 Å². The first kappa shape index (κ1) is 10.6. The van der Waals surface area contributed by atoms with E-state index in [2.05, 4.69) is 4.90 Å². The molecule has 82 valence electrons. The summed E-state index contributed by atoms with van der Waals surface area (Å²) in [6.45, 7) is 3.98. The first-order valence-corrected chi connectivity index (χ1v) is 7.00. The Labute approximate surface area is 88.5 Å². The monoisotopic (exact) mass is 216 g/mol. The predicted octanol–water partition coefficient (Wildman–Crippen LogP) is 0.180. The van der Waals surface area contributed by atoms with E-state index < -0.39 is 10.8 Å². The molecular weight excluding hydrogens is 196 g/mol. The smallest absolute Gasteiger partial charge is 0.0363 e. The third-order valence-corrected chi connectivity index (χ3v) is 4.95. The zero-order valence-electron chi connectivity index (χ0n) is 8.71. The van der Waals surface area contributed by atoms with Crippen LogP contribution >= 0.6 is 0 Å². The van der Waals surface area contributed by atoms with Crippen LogP contribution in [0.3, 0.4) is 0 Å². The molecule has 0 aromatic carbocycles. The van der Waals surface area contributed by atoms with Crippen molar-refractivity contribution >= 4 is 10.8 Å². The van der Waals surface area contributed by atoms with E-state index in [1.807, 2.05) is 0 Å². The number of hydrogen-bond acceptors (Lipinski definition) is 3. The SMILES string of the molecule is NCC1(CN2CCS(=O)CC2)CCC1. The summed E-state index contributed by atoms with van der Waals surface area (Å²) in [7, 11) is -0.548. The highest BCUT2D eigenvalue weighted by Crippen LogP contribution is 2.40. The third-order valence-electron chi connectivity index (χ3n) is 3.68. The van der Waals surface area contributed by atoms with Gasteiger partial charge in [-0.1, -0.05) is 6.42 Å². The van der Waals surface area contributed by atoms with Gasteiger partial charge in [-0.2, -0.15) is 0 Å². The second-order valence-corrected chi connectivity index (χ2v) is 6.38. The van der Waals surface area contributed by atoms with Crippen molar-refractivity contribution in [3.05, 3.63) is 0 Å². The molecule has 2 aliphatic rings. The molecule has 2 fully saturated rings. The van der Waals surface area contributed by atoms with Gasteiger partial charge in [-0.25, -0.2) is 0 Å². The molecule has 1 aliphatic carbocycles. The van der Waals surface area contributed by atoms with Crippen LogP contribution in [0, 0.1) is 5.41 Å². The number of nitrogens with two attached hydrogens (primary N) is 1. The minimum atomic E-state index is -0.548. The second kappa shape index (κ2) is 4.29. The molecule has 0 aromatic rings. The van der Waals surface area contributed by atoms with Crippen molar-refractivity contribution < 1.29 is 4.21 Å². The van der Waals surface area contributed by atoms with E-state index in [1.165, 1.54) is 19.3 Å². The lowest BCUT2D eigenvalue weighted by Crippen LogP contribution is -2.50. The molecule has 1 heterocycles. The Kier molecular flexibility index (Phi) is 3.24. The molecule has 3 nitrogen and oxygen atoms in total. The van der Waals surface area contributed by atoms with E-state index in [1.54, 1.807) is 0 Å². The molecule has 1 saturated carbocycles. The summed E-state index contributed by atoms with van der Waals surface area (Å²) in [6.07, 6.45) is 3.93. The van der Waals surface area contributed by atoms with Crippen molar-refractivity contribution in [3.8, 4) is 0 Å². The number of nitrogens with zero attached hydrogens (tertiary/aromatic N) is 1. The number of hydrogen-bond donors (Lipinski definition) is 1. The molecule has 0 atom stereocenters. The van der Waals surface area contributed by atoms with E-state index in [0.29, 0.717) is 5.41 Å². The van der Waals surface area contributed by atoms with E-state index >= 15 is 0 Å². The summed E-state index contributed by atoms with van der Waals surface area (Å²) in [5, 5.41) is 0. The largest absolute Gasteiger partial charge is 0.330 e. The summed E-state index contributed by atoms with van der Waals surface area (Å²) >= 11 is 0. The average Bonchev–Trinajstić information content (AvgIpc) is 2.15. The standard InChI is InChI=1S/C10H20N2OS/c11-8-10(2-1-3-10)9-12-4-6-14(13)7-5-12/h1-9,11H2. The quantitative estimate of drug-likeness (QED) is 0.732. The maximum Gasteiger partial charge on any atom is 0.0363 e. The van der Waals surface area contributed by atoms with Gasteiger partial charge in [0.05, 0.1) is 0 Å². The highest BCUT2D eigenvalue weighted by Gasteiger charge is 2.37. The minimum absolute atomic E-state index is 0.416. The lowest BCUT2D eigenvalue weighted by molar-refractivity contribution is 0.0795. The van der Waals surface area contributed by atoms with Crippen LogP contribution in [0.1, 0.15) is 19.3 Å². The van der Waals surface area contributed by atoms with Crippen molar-refractivity contribution in [2.24, 2.45) is 11.1 Å². The molecule has 4 heteroatoms. The van der Waals surface area contributed by atoms with Crippen LogP contribution < -0.4 is 5.73 Å². The Morgan fingerprint density at radius 2 is 1.93 bits per heavy atom. The Hall–Kier alpha value is 0.0700. The van der Waals surface area contributed by atoms with Crippen LogP contribution in [0.15, 0.2) is 0 Å². The molecule has 0 aromatic heterocycles. The normalized spacial score (nSPS) is 28.6. The van der Waals surface area contributed by atoms with E-state index in [-0.39, 0.29) is 0 Å². The molecule has 0 spiro atoms. The van der Waals surface area contributed by atoms with E-state index in [9.17, 15) is 4.21 Å². The topological polar surface area (TPSA) is 46.3 Å². The Morgan fingerprint density at radius 1 is 1.29 bits per heavy atom. The lowest BCUT2D eigenvalue weighted by Gasteiger charge is -2.45. The molecule has 1 aliphatic heterocycles. The maximum absolute atomic E-state index is 11.2. The summed E-state index contributed by atoms with van der Waals surface area (Å²) < 4.78 is 11.2. The second-order valence-electron chi connectivity index (χ2n) is 4.68. The van der Waals surface area contributed by atoms with E-state index in [0.717, 1.165) is 37.7 Å². The predicted molar refractivity (Wildman–Crippen MR) is 59.7 cm³/mol. The zero-order chi connectivity index (χ0) is 10.0. The van der Waals surface area contributed by atoms with Gasteiger partial charge in [0, 0.05) is 41.9 Å². The van der Waals surface area contributed by atoms with Crippen LogP contribution in [-0.4, -0.2) is 46.8 Å². The molecule has 0 amide bonds. The van der Waals surface area contributed by atoms with Crippen LogP contribution in [-0.2, 0) is 10.8 Å². The van der Waals surface area contributed by atoms with Gasteiger partial charge in [0.2, 0.25) is 0 Å². The summed E-state index contributed by atoms with van der Waals surface area (Å²) in [5.41, 5.74) is 6.24. The fourth-order valence-corrected chi connectivity index (χ4v) is 3.54. The molecule has 14 heavy (non-hydrogen) atoms. The van der Waals surface area contributed by atoms with Gasteiger partial charge in [-0.05, 0) is 24.8 Å². The van der Waals surface area contributed by atoms with Crippen molar-refractivity contribution in [1.29, 1.82) is 0 Å². The lowest BCUT2D eigenvalue weighted by atomic mass is 9.68. The van der Waals surface area contributed by atoms with E-state index in [4.69, 9.17) is 5.73 Å². The highest BCUT2D eigenvalue weighted by atomic mass is 32.2. The molecule has 0 bridgehead atoms.